The highest BCUT2D eigenvalue weighted by molar-refractivity contribution is 5.96. The number of carbonyl (C=O) groups excluding carboxylic acids is 1. The van der Waals surface area contributed by atoms with E-state index in [1.54, 1.807) is 6.08 Å². The molecule has 0 amide bonds. The van der Waals surface area contributed by atoms with E-state index in [0.29, 0.717) is 0 Å². The van der Waals surface area contributed by atoms with Crippen LogP contribution in [0, 0.1) is 17.3 Å². The fraction of sp³-hybridized carbons (Fsp3) is 0.812. The molecule has 3 aliphatic carbocycles. The molecule has 23 heavy (non-hydrogen) atoms. The lowest BCUT2D eigenvalue weighted by Crippen LogP contribution is -2.61. The molecule has 2 fully saturated rings. The summed E-state index contributed by atoms with van der Waals surface area (Å²) in [5.74, 6) is 0.265. The van der Waals surface area contributed by atoms with E-state index in [-0.39, 0.29) is 29.6 Å². The van der Waals surface area contributed by atoms with E-state index < -0.39 is 37.3 Å². The summed E-state index contributed by atoms with van der Waals surface area (Å²) in [6, 6.07) is 0. The highest BCUT2D eigenvalue weighted by Crippen LogP contribution is 2.58. The molecule has 0 spiro atoms. The van der Waals surface area contributed by atoms with Crippen LogP contribution in [0.15, 0.2) is 11.6 Å². The molecule has 0 aromatic rings. The van der Waals surface area contributed by atoms with Gasteiger partial charge in [0.05, 0.1) is 13.2 Å². The maximum Gasteiger partial charge on any atom is 0.186 e. The molecule has 7 nitrogen and oxygen atoms in total. The van der Waals surface area contributed by atoms with Gasteiger partial charge in [-0.2, -0.15) is 0 Å². The van der Waals surface area contributed by atoms with Crippen molar-refractivity contribution in [3.63, 3.8) is 0 Å². The molecule has 3 unspecified atom stereocenters. The monoisotopic (exact) mass is 328 g/mol. The molecule has 4 aliphatic rings. The molecular formula is C16H24O7. The number of carbonyl (C=O) groups is 1. The summed E-state index contributed by atoms with van der Waals surface area (Å²) in [5.41, 5.74) is 0.687. The van der Waals surface area contributed by atoms with Gasteiger partial charge < -0.3 is 29.9 Å². The number of ketones is 1. The average Bonchev–Trinajstić information content (AvgIpc) is 2.50. The van der Waals surface area contributed by atoms with Crippen molar-refractivity contribution in [2.75, 3.05) is 13.2 Å². The van der Waals surface area contributed by atoms with E-state index in [1.807, 2.05) is 13.8 Å². The van der Waals surface area contributed by atoms with Gasteiger partial charge in [-0.25, -0.2) is 0 Å². The van der Waals surface area contributed by atoms with Crippen LogP contribution in [0.2, 0.25) is 0 Å². The Hall–Kier alpha value is -0.830. The van der Waals surface area contributed by atoms with Crippen LogP contribution >= 0.6 is 0 Å². The van der Waals surface area contributed by atoms with Crippen molar-refractivity contribution >= 4 is 5.78 Å². The van der Waals surface area contributed by atoms with Crippen LogP contribution in [-0.4, -0.2) is 70.1 Å². The zero-order chi connectivity index (χ0) is 16.9. The fourth-order valence-electron chi connectivity index (χ4n) is 4.10. The van der Waals surface area contributed by atoms with Crippen molar-refractivity contribution in [2.24, 2.45) is 17.3 Å². The van der Waals surface area contributed by atoms with Gasteiger partial charge in [-0.15, -0.1) is 0 Å². The first-order chi connectivity index (χ1) is 10.8. The number of rotatable bonds is 4. The van der Waals surface area contributed by atoms with Gasteiger partial charge in [0.1, 0.15) is 24.4 Å². The van der Waals surface area contributed by atoms with E-state index in [1.165, 1.54) is 0 Å². The van der Waals surface area contributed by atoms with Gasteiger partial charge in [-0.05, 0) is 25.3 Å². The Labute approximate surface area is 134 Å². The standard InChI is InChI=1S/C16H24O7/c1-7-3-10(18)9-4-8(7)16(9,2)6-22-15-14(21)13(20)12(19)11(5-17)23-15/h3,8-9,11-15,17,19-21H,4-6H2,1-2H3/t8?,9?,11-,12-,13+,14-,15-,16?/m1/s1. The van der Waals surface area contributed by atoms with E-state index >= 15 is 0 Å². The topological polar surface area (TPSA) is 116 Å². The molecule has 2 bridgehead atoms. The third-order valence-electron chi connectivity index (χ3n) is 5.73. The zero-order valence-electron chi connectivity index (χ0n) is 13.3. The normalized spacial score (nSPS) is 49.6. The quantitative estimate of drug-likeness (QED) is 0.521. The van der Waals surface area contributed by atoms with Crippen LogP contribution < -0.4 is 0 Å². The van der Waals surface area contributed by atoms with Crippen LogP contribution in [0.4, 0.5) is 0 Å². The maximum atomic E-state index is 12.0. The van der Waals surface area contributed by atoms with Crippen molar-refractivity contribution in [1.82, 2.24) is 0 Å². The number of allylic oxidation sites excluding steroid dienone is 2. The minimum Gasteiger partial charge on any atom is -0.394 e. The molecule has 8 atom stereocenters. The molecule has 0 radical (unpaired) electrons. The highest BCUT2D eigenvalue weighted by atomic mass is 16.7. The minimum atomic E-state index is -1.46. The molecule has 1 heterocycles. The van der Waals surface area contributed by atoms with Crippen LogP contribution in [-0.2, 0) is 14.3 Å². The first kappa shape index (κ1) is 17.0. The van der Waals surface area contributed by atoms with Crippen LogP contribution in [0.3, 0.4) is 0 Å². The second kappa shape index (κ2) is 5.91. The van der Waals surface area contributed by atoms with Gasteiger partial charge in [0, 0.05) is 11.3 Å². The molecule has 130 valence electrons. The minimum absolute atomic E-state index is 0.0962. The van der Waals surface area contributed by atoms with Crippen molar-refractivity contribution < 1.29 is 34.7 Å². The molecule has 7 heteroatoms. The Balaban J connectivity index is 1.67. The van der Waals surface area contributed by atoms with Gasteiger partial charge in [-0.1, -0.05) is 12.5 Å². The fourth-order valence-corrected chi connectivity index (χ4v) is 4.10. The Morgan fingerprint density at radius 1 is 1.26 bits per heavy atom. The van der Waals surface area contributed by atoms with Crippen LogP contribution in [0.5, 0.6) is 0 Å². The smallest absolute Gasteiger partial charge is 0.186 e. The number of hydrogen-bond acceptors (Lipinski definition) is 7. The zero-order valence-corrected chi connectivity index (χ0v) is 13.3. The summed E-state index contributed by atoms with van der Waals surface area (Å²) in [7, 11) is 0. The summed E-state index contributed by atoms with van der Waals surface area (Å²) in [5, 5.41) is 38.7. The first-order valence-electron chi connectivity index (χ1n) is 7.93. The molecule has 4 rings (SSSR count). The molecule has 0 aromatic heterocycles. The SMILES string of the molecule is CC1=CC(=O)C2CC1C2(C)CO[C@@H]1O[C@H](CO)[C@@H](O)[C@H](O)[C@H]1O. The molecule has 0 aromatic carbocycles. The van der Waals surface area contributed by atoms with Crippen molar-refractivity contribution in [2.45, 2.75) is 51.0 Å². The summed E-state index contributed by atoms with van der Waals surface area (Å²) >= 11 is 0. The van der Waals surface area contributed by atoms with Gasteiger partial charge in [0.2, 0.25) is 0 Å². The predicted molar refractivity (Wildman–Crippen MR) is 78.2 cm³/mol. The van der Waals surface area contributed by atoms with Crippen molar-refractivity contribution in [3.8, 4) is 0 Å². The number of fused-ring (bicyclic) bond motifs is 1. The summed E-state index contributed by atoms with van der Waals surface area (Å²) < 4.78 is 11.0. The second-order valence-electron chi connectivity index (χ2n) is 7.15. The predicted octanol–water partition coefficient (Wildman–Crippen LogP) is -1.03. The van der Waals surface area contributed by atoms with Gasteiger partial charge in [0.25, 0.3) is 0 Å². The lowest BCUT2D eigenvalue weighted by atomic mass is 9.48. The van der Waals surface area contributed by atoms with Crippen molar-refractivity contribution in [3.05, 3.63) is 11.6 Å². The number of aliphatic hydroxyl groups is 4. The Morgan fingerprint density at radius 3 is 2.52 bits per heavy atom. The average molecular weight is 328 g/mol. The van der Waals surface area contributed by atoms with Crippen molar-refractivity contribution in [1.29, 1.82) is 0 Å². The Kier molecular flexibility index (Phi) is 4.37. The molecule has 1 saturated heterocycles. The Morgan fingerprint density at radius 2 is 1.96 bits per heavy atom. The van der Waals surface area contributed by atoms with Gasteiger partial charge in [0.15, 0.2) is 12.1 Å². The summed E-state index contributed by atoms with van der Waals surface area (Å²) in [6.07, 6.45) is -3.91. The molecule has 4 N–H and O–H groups in total. The lowest BCUT2D eigenvalue weighted by Gasteiger charge is -2.56. The molecule has 1 aliphatic heterocycles. The molecule has 1 saturated carbocycles. The second-order valence-corrected chi connectivity index (χ2v) is 7.15. The number of hydrogen-bond donors (Lipinski definition) is 4. The Bertz CT molecular complexity index is 517. The summed E-state index contributed by atoms with van der Waals surface area (Å²) in [6.45, 7) is 3.61. The third-order valence-corrected chi connectivity index (χ3v) is 5.73. The third kappa shape index (κ3) is 2.56. The van der Waals surface area contributed by atoms with Crippen LogP contribution in [0.25, 0.3) is 0 Å². The lowest BCUT2D eigenvalue weighted by molar-refractivity contribution is -0.310. The van der Waals surface area contributed by atoms with E-state index in [2.05, 4.69) is 0 Å². The van der Waals surface area contributed by atoms with E-state index in [0.717, 1.165) is 12.0 Å². The maximum absolute atomic E-state index is 12.0. The largest absolute Gasteiger partial charge is 0.394 e. The first-order valence-corrected chi connectivity index (χ1v) is 7.93. The summed E-state index contributed by atoms with van der Waals surface area (Å²) in [4.78, 5) is 12.0. The van der Waals surface area contributed by atoms with Crippen LogP contribution in [0.1, 0.15) is 20.3 Å². The molecular weight excluding hydrogens is 304 g/mol. The van der Waals surface area contributed by atoms with Gasteiger partial charge >= 0.3 is 0 Å². The highest BCUT2D eigenvalue weighted by Gasteiger charge is 2.58. The number of aliphatic hydroxyl groups excluding tert-OH is 4. The number of ether oxygens (including phenoxy) is 2. The van der Waals surface area contributed by atoms with E-state index in [9.17, 15) is 25.2 Å². The van der Waals surface area contributed by atoms with Gasteiger partial charge in [-0.3, -0.25) is 4.79 Å². The van der Waals surface area contributed by atoms with E-state index in [4.69, 9.17) is 9.47 Å².